The summed E-state index contributed by atoms with van der Waals surface area (Å²) < 4.78 is 5.56. The van der Waals surface area contributed by atoms with Gasteiger partial charge in [-0.3, -0.25) is 0 Å². The number of ether oxygens (including phenoxy) is 1. The first-order valence-corrected chi connectivity index (χ1v) is 8.79. The second-order valence-electron chi connectivity index (χ2n) is 6.77. The number of benzene rings is 1. The zero-order valence-corrected chi connectivity index (χ0v) is 13.4. The van der Waals surface area contributed by atoms with Gasteiger partial charge in [-0.2, -0.15) is 0 Å². The molecule has 1 saturated carbocycles. The molecule has 2 aliphatic rings. The quantitative estimate of drug-likeness (QED) is 0.817. The summed E-state index contributed by atoms with van der Waals surface area (Å²) in [6, 6.07) is 7.51. The summed E-state index contributed by atoms with van der Waals surface area (Å²) in [6.45, 7) is 4.96. The fourth-order valence-corrected chi connectivity index (χ4v) is 3.82. The van der Waals surface area contributed by atoms with E-state index >= 15 is 0 Å². The molecular formula is C19H29NO. The molecule has 1 aliphatic carbocycles. The molecule has 1 aromatic carbocycles. The van der Waals surface area contributed by atoms with E-state index in [9.17, 15) is 0 Å². The summed E-state index contributed by atoms with van der Waals surface area (Å²) in [5.74, 6) is 0.914. The van der Waals surface area contributed by atoms with Gasteiger partial charge in [-0.1, -0.05) is 57.2 Å². The summed E-state index contributed by atoms with van der Waals surface area (Å²) in [5.41, 5.74) is 4.25. The van der Waals surface area contributed by atoms with Crippen molar-refractivity contribution in [2.75, 3.05) is 6.54 Å². The second kappa shape index (κ2) is 7.42. The number of hydrogen-bond donors (Lipinski definition) is 1. The lowest BCUT2D eigenvalue weighted by atomic mass is 9.83. The van der Waals surface area contributed by atoms with Gasteiger partial charge in [0.25, 0.3) is 0 Å². The van der Waals surface area contributed by atoms with E-state index in [1.807, 2.05) is 0 Å². The van der Waals surface area contributed by atoms with Crippen LogP contribution in [0.2, 0.25) is 0 Å². The molecule has 2 heteroatoms. The van der Waals surface area contributed by atoms with E-state index in [0.29, 0.717) is 6.04 Å². The third-order valence-corrected chi connectivity index (χ3v) is 5.08. The van der Waals surface area contributed by atoms with Gasteiger partial charge in [0.05, 0.1) is 13.2 Å². The van der Waals surface area contributed by atoms with Crippen molar-refractivity contribution in [3.05, 3.63) is 34.9 Å². The van der Waals surface area contributed by atoms with Crippen molar-refractivity contribution in [1.29, 1.82) is 0 Å². The molecule has 3 rings (SSSR count). The van der Waals surface area contributed by atoms with Crippen LogP contribution < -0.4 is 5.32 Å². The van der Waals surface area contributed by atoms with Crippen molar-refractivity contribution in [3.8, 4) is 0 Å². The minimum absolute atomic E-state index is 0.527. The van der Waals surface area contributed by atoms with Crippen LogP contribution in [0, 0.1) is 5.92 Å². The van der Waals surface area contributed by atoms with E-state index in [2.05, 4.69) is 30.4 Å². The zero-order valence-electron chi connectivity index (χ0n) is 13.4. The lowest BCUT2D eigenvalue weighted by molar-refractivity contribution is 0.134. The summed E-state index contributed by atoms with van der Waals surface area (Å²) in [5, 5.41) is 3.78. The molecule has 1 N–H and O–H groups in total. The zero-order chi connectivity index (χ0) is 14.5. The van der Waals surface area contributed by atoms with Crippen LogP contribution in [0.3, 0.4) is 0 Å². The predicted octanol–water partition coefficient (Wildman–Crippen LogP) is 4.73. The second-order valence-corrected chi connectivity index (χ2v) is 6.77. The third-order valence-electron chi connectivity index (χ3n) is 5.08. The molecule has 1 heterocycles. The SMILES string of the molecule is CCCNC(CC1CCCCC1)c1ccc2c(c1)COC2. The first-order chi connectivity index (χ1) is 10.4. The standard InChI is InChI=1S/C19H29NO/c1-2-10-20-19(11-15-6-4-3-5-7-15)16-8-9-17-13-21-14-18(17)12-16/h8-9,12,15,19-20H,2-7,10-11,13-14H2,1H3. The number of fused-ring (bicyclic) bond motifs is 1. The Morgan fingerprint density at radius 2 is 1.95 bits per heavy atom. The van der Waals surface area contributed by atoms with Crippen molar-refractivity contribution in [3.63, 3.8) is 0 Å². The first kappa shape index (κ1) is 15.1. The van der Waals surface area contributed by atoms with Crippen LogP contribution in [0.25, 0.3) is 0 Å². The van der Waals surface area contributed by atoms with Crippen molar-refractivity contribution in [2.45, 2.75) is 71.1 Å². The van der Waals surface area contributed by atoms with E-state index in [4.69, 9.17) is 4.74 Å². The molecule has 21 heavy (non-hydrogen) atoms. The molecule has 1 atom stereocenters. The van der Waals surface area contributed by atoms with Gasteiger partial charge in [-0.25, -0.2) is 0 Å². The summed E-state index contributed by atoms with van der Waals surface area (Å²) >= 11 is 0. The first-order valence-electron chi connectivity index (χ1n) is 8.79. The molecule has 1 fully saturated rings. The maximum absolute atomic E-state index is 5.56. The molecule has 1 aromatic rings. The Labute approximate surface area is 129 Å². The summed E-state index contributed by atoms with van der Waals surface area (Å²) in [6.07, 6.45) is 9.68. The van der Waals surface area contributed by atoms with Gasteiger partial charge < -0.3 is 10.1 Å². The molecule has 0 spiro atoms. The van der Waals surface area contributed by atoms with Crippen molar-refractivity contribution in [1.82, 2.24) is 5.32 Å². The molecule has 1 aliphatic heterocycles. The summed E-state index contributed by atoms with van der Waals surface area (Å²) in [4.78, 5) is 0. The molecule has 0 amide bonds. The summed E-state index contributed by atoms with van der Waals surface area (Å²) in [7, 11) is 0. The van der Waals surface area contributed by atoms with Gasteiger partial charge >= 0.3 is 0 Å². The number of hydrogen-bond acceptors (Lipinski definition) is 2. The molecule has 2 nitrogen and oxygen atoms in total. The van der Waals surface area contributed by atoms with E-state index in [-0.39, 0.29) is 0 Å². The highest BCUT2D eigenvalue weighted by Gasteiger charge is 2.21. The Kier molecular flexibility index (Phi) is 5.32. The van der Waals surface area contributed by atoms with Gasteiger partial charge in [-0.15, -0.1) is 0 Å². The molecule has 1 unspecified atom stereocenters. The maximum atomic E-state index is 5.56. The number of rotatable bonds is 6. The van der Waals surface area contributed by atoms with Gasteiger partial charge in [0, 0.05) is 6.04 Å². The van der Waals surface area contributed by atoms with E-state index in [0.717, 1.165) is 25.7 Å². The highest BCUT2D eigenvalue weighted by atomic mass is 16.5. The van der Waals surface area contributed by atoms with Crippen LogP contribution in [0.4, 0.5) is 0 Å². The van der Waals surface area contributed by atoms with Gasteiger partial charge in [0.15, 0.2) is 0 Å². The largest absolute Gasteiger partial charge is 0.372 e. The average Bonchev–Trinajstić information content (AvgIpc) is 3.00. The highest BCUT2D eigenvalue weighted by Crippen LogP contribution is 2.33. The molecule has 116 valence electrons. The van der Waals surface area contributed by atoms with Crippen LogP contribution in [0.5, 0.6) is 0 Å². The molecule has 0 radical (unpaired) electrons. The Morgan fingerprint density at radius 1 is 1.14 bits per heavy atom. The van der Waals surface area contributed by atoms with Crippen LogP contribution in [0.1, 0.15) is 74.6 Å². The fourth-order valence-electron chi connectivity index (χ4n) is 3.82. The van der Waals surface area contributed by atoms with Crippen LogP contribution >= 0.6 is 0 Å². The molecule has 0 saturated heterocycles. The molecule has 0 aromatic heterocycles. The molecule has 0 bridgehead atoms. The fraction of sp³-hybridized carbons (Fsp3) is 0.684. The van der Waals surface area contributed by atoms with Crippen LogP contribution in [-0.2, 0) is 18.0 Å². The Morgan fingerprint density at radius 3 is 2.76 bits per heavy atom. The minimum Gasteiger partial charge on any atom is -0.372 e. The van der Waals surface area contributed by atoms with Crippen molar-refractivity contribution >= 4 is 0 Å². The predicted molar refractivity (Wildman–Crippen MR) is 87.2 cm³/mol. The van der Waals surface area contributed by atoms with E-state index < -0.39 is 0 Å². The minimum atomic E-state index is 0.527. The van der Waals surface area contributed by atoms with E-state index in [1.165, 1.54) is 61.6 Å². The Bertz CT molecular complexity index is 451. The smallest absolute Gasteiger partial charge is 0.0725 e. The highest BCUT2D eigenvalue weighted by molar-refractivity contribution is 5.34. The third kappa shape index (κ3) is 3.87. The average molecular weight is 287 g/mol. The number of nitrogens with one attached hydrogen (secondary N) is 1. The van der Waals surface area contributed by atoms with Gasteiger partial charge in [0.1, 0.15) is 0 Å². The monoisotopic (exact) mass is 287 g/mol. The van der Waals surface area contributed by atoms with Crippen LogP contribution in [0.15, 0.2) is 18.2 Å². The Balaban J connectivity index is 1.71. The molecular weight excluding hydrogens is 258 g/mol. The van der Waals surface area contributed by atoms with Crippen molar-refractivity contribution < 1.29 is 4.74 Å². The lowest BCUT2D eigenvalue weighted by Gasteiger charge is -2.28. The van der Waals surface area contributed by atoms with Gasteiger partial charge in [-0.05, 0) is 42.0 Å². The van der Waals surface area contributed by atoms with Crippen LogP contribution in [-0.4, -0.2) is 6.54 Å². The normalized spacial score (nSPS) is 20.4. The topological polar surface area (TPSA) is 21.3 Å². The van der Waals surface area contributed by atoms with Gasteiger partial charge in [0.2, 0.25) is 0 Å². The Hall–Kier alpha value is -0.860. The lowest BCUT2D eigenvalue weighted by Crippen LogP contribution is -2.25. The van der Waals surface area contributed by atoms with E-state index in [1.54, 1.807) is 0 Å². The van der Waals surface area contributed by atoms with Crippen molar-refractivity contribution in [2.24, 2.45) is 5.92 Å². The maximum Gasteiger partial charge on any atom is 0.0725 e.